The normalized spacial score (nSPS) is 13.0. The molecule has 0 bridgehead atoms. The van der Waals surface area contributed by atoms with Crippen LogP contribution in [-0.2, 0) is 19.4 Å². The zero-order chi connectivity index (χ0) is 16.5. The highest BCUT2D eigenvalue weighted by molar-refractivity contribution is 5.80. The van der Waals surface area contributed by atoms with Crippen molar-refractivity contribution in [3.05, 3.63) is 69.5 Å². The van der Waals surface area contributed by atoms with Crippen molar-refractivity contribution >= 4 is 16.6 Å². The van der Waals surface area contributed by atoms with E-state index >= 15 is 0 Å². The fourth-order valence-electron chi connectivity index (χ4n) is 3.36. The van der Waals surface area contributed by atoms with Gasteiger partial charge in [-0.05, 0) is 66.1 Å². The first kappa shape index (κ1) is 14.8. The summed E-state index contributed by atoms with van der Waals surface area (Å²) in [4.78, 5) is 15.2. The first-order valence-corrected chi connectivity index (χ1v) is 8.28. The summed E-state index contributed by atoms with van der Waals surface area (Å²) < 4.78 is 5.20. The van der Waals surface area contributed by atoms with E-state index in [1.54, 1.807) is 7.11 Å². The van der Waals surface area contributed by atoms with Gasteiger partial charge in [0.2, 0.25) is 0 Å². The van der Waals surface area contributed by atoms with Gasteiger partial charge in [0.15, 0.2) is 0 Å². The van der Waals surface area contributed by atoms with E-state index in [1.807, 2.05) is 24.3 Å². The second kappa shape index (κ2) is 6.04. The predicted molar refractivity (Wildman–Crippen MR) is 96.9 cm³/mol. The van der Waals surface area contributed by atoms with Crippen LogP contribution in [0.3, 0.4) is 0 Å². The molecule has 1 heterocycles. The fraction of sp³-hybridized carbons (Fsp3) is 0.250. The van der Waals surface area contributed by atoms with Crippen molar-refractivity contribution in [1.29, 1.82) is 0 Å². The molecule has 122 valence electrons. The number of benzene rings is 2. The maximum Gasteiger partial charge on any atom is 0.253 e. The number of pyridine rings is 1. The van der Waals surface area contributed by atoms with Gasteiger partial charge >= 0.3 is 0 Å². The van der Waals surface area contributed by atoms with Crippen molar-refractivity contribution < 1.29 is 4.74 Å². The maximum atomic E-state index is 12.3. The lowest BCUT2D eigenvalue weighted by atomic mass is 10.1. The molecule has 4 rings (SSSR count). The van der Waals surface area contributed by atoms with Gasteiger partial charge in [-0.1, -0.05) is 6.07 Å². The molecule has 3 aromatic rings. The van der Waals surface area contributed by atoms with Crippen molar-refractivity contribution in [2.45, 2.75) is 25.8 Å². The van der Waals surface area contributed by atoms with Crippen LogP contribution in [0.25, 0.3) is 10.9 Å². The molecule has 4 heteroatoms. The molecule has 24 heavy (non-hydrogen) atoms. The van der Waals surface area contributed by atoms with Gasteiger partial charge in [0.25, 0.3) is 5.56 Å². The van der Waals surface area contributed by atoms with Gasteiger partial charge in [-0.25, -0.2) is 0 Å². The Morgan fingerprint density at radius 3 is 2.83 bits per heavy atom. The lowest BCUT2D eigenvalue weighted by Gasteiger charge is -2.09. The van der Waals surface area contributed by atoms with Gasteiger partial charge in [0, 0.05) is 23.9 Å². The number of fused-ring (bicyclic) bond motifs is 2. The van der Waals surface area contributed by atoms with Gasteiger partial charge in [0.1, 0.15) is 5.75 Å². The summed E-state index contributed by atoms with van der Waals surface area (Å²) >= 11 is 0. The Hall–Kier alpha value is -2.75. The molecule has 1 aliphatic rings. The minimum absolute atomic E-state index is 0.0654. The molecule has 1 aliphatic carbocycles. The van der Waals surface area contributed by atoms with Crippen LogP contribution in [-0.4, -0.2) is 12.1 Å². The summed E-state index contributed by atoms with van der Waals surface area (Å²) in [5.74, 6) is 0.738. The lowest BCUT2D eigenvalue weighted by molar-refractivity contribution is 0.415. The molecule has 0 atom stereocenters. The Bertz CT molecular complexity index is 960. The summed E-state index contributed by atoms with van der Waals surface area (Å²) in [5, 5.41) is 4.38. The zero-order valence-corrected chi connectivity index (χ0v) is 13.7. The largest absolute Gasteiger partial charge is 0.497 e. The van der Waals surface area contributed by atoms with Crippen molar-refractivity contribution in [2.75, 3.05) is 12.4 Å². The van der Waals surface area contributed by atoms with Crippen LogP contribution in [0.5, 0.6) is 5.75 Å². The number of nitrogens with one attached hydrogen (secondary N) is 2. The van der Waals surface area contributed by atoms with Gasteiger partial charge in [0.05, 0.1) is 12.6 Å². The molecule has 1 aromatic heterocycles. The number of aryl methyl sites for hydroxylation is 2. The van der Waals surface area contributed by atoms with Crippen LogP contribution in [0.15, 0.2) is 47.3 Å². The Labute approximate surface area is 140 Å². The molecule has 0 unspecified atom stereocenters. The molecule has 0 aliphatic heterocycles. The van der Waals surface area contributed by atoms with Crippen LogP contribution in [0.4, 0.5) is 5.69 Å². The highest BCUT2D eigenvalue weighted by atomic mass is 16.5. The van der Waals surface area contributed by atoms with Crippen LogP contribution in [0.1, 0.15) is 23.1 Å². The molecule has 0 saturated carbocycles. The number of ether oxygens (including phenoxy) is 1. The molecule has 4 nitrogen and oxygen atoms in total. The molecule has 0 radical (unpaired) electrons. The SMILES string of the molecule is COc1ccc2cc(CNc3ccc4c(c3)CCC4)c(=O)[nH]c2c1. The Balaban J connectivity index is 1.58. The summed E-state index contributed by atoms with van der Waals surface area (Å²) in [6.07, 6.45) is 3.58. The van der Waals surface area contributed by atoms with E-state index < -0.39 is 0 Å². The zero-order valence-electron chi connectivity index (χ0n) is 13.7. The minimum atomic E-state index is -0.0654. The molecular weight excluding hydrogens is 300 g/mol. The number of hydrogen-bond acceptors (Lipinski definition) is 3. The summed E-state index contributed by atoms with van der Waals surface area (Å²) in [6.45, 7) is 0.510. The van der Waals surface area contributed by atoms with Gasteiger partial charge in [-0.2, -0.15) is 0 Å². The topological polar surface area (TPSA) is 54.1 Å². The summed E-state index contributed by atoms with van der Waals surface area (Å²) in [5.41, 5.74) is 5.42. The monoisotopic (exact) mass is 320 g/mol. The first-order chi connectivity index (χ1) is 11.7. The fourth-order valence-corrected chi connectivity index (χ4v) is 3.36. The number of hydrogen-bond donors (Lipinski definition) is 2. The van der Waals surface area contributed by atoms with E-state index in [2.05, 4.69) is 28.5 Å². The average molecular weight is 320 g/mol. The molecule has 0 spiro atoms. The molecule has 2 aromatic carbocycles. The minimum Gasteiger partial charge on any atom is -0.497 e. The van der Waals surface area contributed by atoms with Crippen LogP contribution in [0, 0.1) is 0 Å². The van der Waals surface area contributed by atoms with Crippen molar-refractivity contribution in [3.8, 4) is 5.75 Å². The molecule has 0 saturated heterocycles. The van der Waals surface area contributed by atoms with Crippen molar-refractivity contribution in [2.24, 2.45) is 0 Å². The number of aromatic amines is 1. The number of anilines is 1. The Kier molecular flexibility index (Phi) is 3.73. The quantitative estimate of drug-likeness (QED) is 0.772. The standard InChI is InChI=1S/C20H20N2O2/c1-24-18-8-6-15-9-16(20(23)22-19(15)11-18)12-21-17-7-5-13-3-2-4-14(13)10-17/h5-11,21H,2-4,12H2,1H3,(H,22,23). The third kappa shape index (κ3) is 2.75. The van der Waals surface area contributed by atoms with E-state index in [1.165, 1.54) is 24.0 Å². The highest BCUT2D eigenvalue weighted by Crippen LogP contribution is 2.25. The maximum absolute atomic E-state index is 12.3. The number of H-pyrrole nitrogens is 1. The van der Waals surface area contributed by atoms with Crippen molar-refractivity contribution in [1.82, 2.24) is 4.98 Å². The number of aromatic nitrogens is 1. The van der Waals surface area contributed by atoms with Gasteiger partial charge in [-0.3, -0.25) is 4.79 Å². The Morgan fingerprint density at radius 1 is 1.08 bits per heavy atom. The van der Waals surface area contributed by atoms with Crippen LogP contribution >= 0.6 is 0 Å². The first-order valence-electron chi connectivity index (χ1n) is 8.28. The van der Waals surface area contributed by atoms with Crippen LogP contribution < -0.4 is 15.6 Å². The predicted octanol–water partition coefficient (Wildman–Crippen LogP) is 3.64. The average Bonchev–Trinajstić information content (AvgIpc) is 3.07. The molecule has 0 fully saturated rings. The van der Waals surface area contributed by atoms with Crippen LogP contribution in [0.2, 0.25) is 0 Å². The summed E-state index contributed by atoms with van der Waals surface area (Å²) in [7, 11) is 1.62. The number of rotatable bonds is 4. The summed E-state index contributed by atoms with van der Waals surface area (Å²) in [6, 6.07) is 14.2. The third-order valence-corrected chi connectivity index (χ3v) is 4.71. The molecule has 2 N–H and O–H groups in total. The second-order valence-electron chi connectivity index (χ2n) is 6.27. The van der Waals surface area contributed by atoms with E-state index in [-0.39, 0.29) is 5.56 Å². The van der Waals surface area contributed by atoms with E-state index in [9.17, 15) is 4.79 Å². The molecule has 0 amide bonds. The van der Waals surface area contributed by atoms with Gasteiger partial charge < -0.3 is 15.0 Å². The van der Waals surface area contributed by atoms with E-state index in [0.717, 1.165) is 34.3 Å². The molecular formula is C20H20N2O2. The lowest BCUT2D eigenvalue weighted by Crippen LogP contribution is -2.15. The highest BCUT2D eigenvalue weighted by Gasteiger charge is 2.11. The third-order valence-electron chi connectivity index (χ3n) is 4.71. The number of methoxy groups -OCH3 is 1. The smallest absolute Gasteiger partial charge is 0.253 e. The van der Waals surface area contributed by atoms with E-state index in [0.29, 0.717) is 6.54 Å². The Morgan fingerprint density at radius 2 is 1.96 bits per heavy atom. The van der Waals surface area contributed by atoms with E-state index in [4.69, 9.17) is 4.74 Å². The van der Waals surface area contributed by atoms with Gasteiger partial charge in [-0.15, -0.1) is 0 Å². The second-order valence-corrected chi connectivity index (χ2v) is 6.27. The van der Waals surface area contributed by atoms with Crippen molar-refractivity contribution in [3.63, 3.8) is 0 Å².